The molecule has 2 aromatic rings. The van der Waals surface area contributed by atoms with Gasteiger partial charge < -0.3 is 9.47 Å². The van der Waals surface area contributed by atoms with Crippen LogP contribution in [0.1, 0.15) is 39.2 Å². The average molecular weight is 462 g/mol. The van der Waals surface area contributed by atoms with Gasteiger partial charge >= 0.3 is 0 Å². The van der Waals surface area contributed by atoms with Crippen LogP contribution in [0.25, 0.3) is 0 Å². The molecular formula is C23H31N3O5S. The number of hydrogen-bond donors (Lipinski definition) is 1. The van der Waals surface area contributed by atoms with E-state index in [1.54, 1.807) is 24.3 Å². The molecule has 8 nitrogen and oxygen atoms in total. The van der Waals surface area contributed by atoms with Crippen LogP contribution >= 0.6 is 0 Å². The highest BCUT2D eigenvalue weighted by atomic mass is 32.2. The fourth-order valence-electron chi connectivity index (χ4n) is 2.91. The first-order valence-corrected chi connectivity index (χ1v) is 12.4. The summed E-state index contributed by atoms with van der Waals surface area (Å²) >= 11 is 0. The smallest absolute Gasteiger partial charge is 0.263 e. The number of benzene rings is 2. The van der Waals surface area contributed by atoms with E-state index < -0.39 is 22.0 Å². The Morgan fingerprint density at radius 1 is 1.06 bits per heavy atom. The van der Waals surface area contributed by atoms with Crippen LogP contribution in [0.2, 0.25) is 0 Å². The van der Waals surface area contributed by atoms with E-state index in [0.717, 1.165) is 34.7 Å². The Labute approximate surface area is 190 Å². The Morgan fingerprint density at radius 3 is 2.22 bits per heavy atom. The van der Waals surface area contributed by atoms with Crippen LogP contribution in [0, 0.1) is 0 Å². The van der Waals surface area contributed by atoms with E-state index in [1.807, 2.05) is 31.2 Å². The highest BCUT2D eigenvalue weighted by Gasteiger charge is 2.29. The summed E-state index contributed by atoms with van der Waals surface area (Å²) in [6.45, 7) is 6.64. The van der Waals surface area contributed by atoms with Gasteiger partial charge in [0, 0.05) is 0 Å². The maximum Gasteiger partial charge on any atom is 0.263 e. The predicted octanol–water partition coefficient (Wildman–Crippen LogP) is 3.57. The zero-order valence-corrected chi connectivity index (χ0v) is 19.8. The van der Waals surface area contributed by atoms with E-state index in [1.165, 1.54) is 13.1 Å². The van der Waals surface area contributed by atoms with Crippen molar-refractivity contribution in [2.45, 2.75) is 39.7 Å². The molecule has 9 heteroatoms. The van der Waals surface area contributed by atoms with Gasteiger partial charge in [0.1, 0.15) is 17.5 Å². The number of unbranched alkanes of at least 4 members (excludes halogenated alkanes) is 1. The van der Waals surface area contributed by atoms with Gasteiger partial charge in [-0.1, -0.05) is 13.3 Å². The Hall–Kier alpha value is -3.07. The monoisotopic (exact) mass is 461 g/mol. The molecule has 2 aromatic carbocycles. The summed E-state index contributed by atoms with van der Waals surface area (Å²) in [6.07, 6.45) is 4.61. The molecule has 0 aliphatic heterocycles. The molecule has 0 unspecified atom stereocenters. The van der Waals surface area contributed by atoms with Crippen molar-refractivity contribution < 1.29 is 22.7 Å². The number of amides is 1. The van der Waals surface area contributed by atoms with E-state index in [4.69, 9.17) is 9.47 Å². The molecule has 1 N–H and O–H groups in total. The normalized spacial score (nSPS) is 12.4. The minimum atomic E-state index is -3.71. The fraction of sp³-hybridized carbons (Fsp3) is 0.391. The van der Waals surface area contributed by atoms with Crippen molar-refractivity contribution >= 4 is 27.8 Å². The van der Waals surface area contributed by atoms with Crippen LogP contribution in [-0.4, -0.2) is 46.1 Å². The number of nitrogens with zero attached hydrogens (tertiary/aromatic N) is 2. The number of nitrogens with one attached hydrogen (secondary N) is 1. The van der Waals surface area contributed by atoms with E-state index in [-0.39, 0.29) is 0 Å². The molecule has 0 spiro atoms. The first kappa shape index (κ1) is 25.2. The van der Waals surface area contributed by atoms with Gasteiger partial charge in [-0.25, -0.2) is 13.8 Å². The molecule has 0 fully saturated rings. The van der Waals surface area contributed by atoms with E-state index in [2.05, 4.69) is 17.5 Å². The van der Waals surface area contributed by atoms with Crippen molar-refractivity contribution in [2.75, 3.05) is 23.8 Å². The summed E-state index contributed by atoms with van der Waals surface area (Å²) in [5, 5.41) is 3.96. The Morgan fingerprint density at radius 2 is 1.66 bits per heavy atom. The van der Waals surface area contributed by atoms with Gasteiger partial charge in [0.25, 0.3) is 5.91 Å². The topological polar surface area (TPSA) is 97.3 Å². The van der Waals surface area contributed by atoms with Crippen LogP contribution in [-0.2, 0) is 14.8 Å². The van der Waals surface area contributed by atoms with Gasteiger partial charge in [0.15, 0.2) is 0 Å². The van der Waals surface area contributed by atoms with Crippen LogP contribution in [0.15, 0.2) is 53.6 Å². The summed E-state index contributed by atoms with van der Waals surface area (Å²) in [4.78, 5) is 12.6. The minimum absolute atomic E-state index is 0.362. The number of rotatable bonds is 12. The molecule has 0 aliphatic carbocycles. The zero-order chi connectivity index (χ0) is 23.6. The third-order valence-electron chi connectivity index (χ3n) is 4.53. The minimum Gasteiger partial charge on any atom is -0.494 e. The lowest BCUT2D eigenvalue weighted by atomic mass is 10.2. The lowest BCUT2D eigenvalue weighted by Crippen LogP contribution is -2.46. The predicted molar refractivity (Wildman–Crippen MR) is 127 cm³/mol. The molecule has 1 atom stereocenters. The lowest BCUT2D eigenvalue weighted by molar-refractivity contribution is -0.121. The lowest BCUT2D eigenvalue weighted by Gasteiger charge is -2.27. The van der Waals surface area contributed by atoms with Crippen molar-refractivity contribution in [2.24, 2.45) is 5.10 Å². The number of ether oxygens (including phenoxy) is 2. The fourth-order valence-corrected chi connectivity index (χ4v) is 4.09. The van der Waals surface area contributed by atoms with Gasteiger partial charge in [0.2, 0.25) is 10.0 Å². The van der Waals surface area contributed by atoms with E-state index in [9.17, 15) is 13.2 Å². The van der Waals surface area contributed by atoms with Gasteiger partial charge in [-0.15, -0.1) is 0 Å². The third-order valence-corrected chi connectivity index (χ3v) is 5.77. The maximum atomic E-state index is 12.6. The highest BCUT2D eigenvalue weighted by molar-refractivity contribution is 7.92. The largest absolute Gasteiger partial charge is 0.494 e. The number of sulfonamides is 1. The molecule has 0 aromatic heterocycles. The van der Waals surface area contributed by atoms with Crippen LogP contribution < -0.4 is 19.2 Å². The molecule has 2 rings (SSSR count). The number of carbonyl (C=O) groups is 1. The summed E-state index contributed by atoms with van der Waals surface area (Å²) in [7, 11) is -3.71. The van der Waals surface area contributed by atoms with E-state index >= 15 is 0 Å². The van der Waals surface area contributed by atoms with Crippen molar-refractivity contribution in [1.82, 2.24) is 5.43 Å². The van der Waals surface area contributed by atoms with Crippen LogP contribution in [0.5, 0.6) is 11.5 Å². The molecule has 174 valence electrons. The van der Waals surface area contributed by atoms with Crippen molar-refractivity contribution in [3.8, 4) is 11.5 Å². The molecular weight excluding hydrogens is 430 g/mol. The van der Waals surface area contributed by atoms with Gasteiger partial charge in [-0.3, -0.25) is 9.10 Å². The van der Waals surface area contributed by atoms with Crippen molar-refractivity contribution in [1.29, 1.82) is 0 Å². The summed E-state index contributed by atoms with van der Waals surface area (Å²) in [6, 6.07) is 12.8. The molecule has 0 bridgehead atoms. The Bertz CT molecular complexity index is 989. The molecule has 0 saturated heterocycles. The van der Waals surface area contributed by atoms with Gasteiger partial charge in [0.05, 0.1) is 31.4 Å². The molecule has 0 heterocycles. The van der Waals surface area contributed by atoms with Crippen LogP contribution in [0.4, 0.5) is 5.69 Å². The highest BCUT2D eigenvalue weighted by Crippen LogP contribution is 2.24. The number of hydrogen-bond acceptors (Lipinski definition) is 6. The summed E-state index contributed by atoms with van der Waals surface area (Å²) in [5.41, 5.74) is 3.54. The first-order chi connectivity index (χ1) is 15.3. The molecule has 0 aliphatic rings. The van der Waals surface area contributed by atoms with E-state index in [0.29, 0.717) is 24.7 Å². The average Bonchev–Trinajstić information content (AvgIpc) is 2.75. The molecule has 0 saturated carbocycles. The maximum absolute atomic E-state index is 12.6. The quantitative estimate of drug-likeness (QED) is 0.296. The Kier molecular flexibility index (Phi) is 9.52. The van der Waals surface area contributed by atoms with Crippen molar-refractivity contribution in [3.63, 3.8) is 0 Å². The van der Waals surface area contributed by atoms with Gasteiger partial charge in [-0.2, -0.15) is 5.10 Å². The third kappa shape index (κ3) is 7.56. The summed E-state index contributed by atoms with van der Waals surface area (Å²) < 4.78 is 36.8. The Balaban J connectivity index is 2.03. The second kappa shape index (κ2) is 12.1. The SMILES string of the molecule is CCCCOc1ccc(/C=N\NC(=O)[C@@H](C)N(c2ccc(OCC)cc2)S(C)(=O)=O)cc1. The second-order valence-electron chi connectivity index (χ2n) is 7.17. The first-order valence-electron chi connectivity index (χ1n) is 10.5. The number of anilines is 1. The zero-order valence-electron chi connectivity index (χ0n) is 18.9. The van der Waals surface area contributed by atoms with Crippen LogP contribution in [0.3, 0.4) is 0 Å². The number of carbonyl (C=O) groups excluding carboxylic acids is 1. The summed E-state index contributed by atoms with van der Waals surface area (Å²) in [5.74, 6) is 0.834. The standard InChI is InChI=1S/C23H31N3O5S/c1-5-7-16-31-22-12-8-19(9-13-22)17-24-25-23(27)18(3)26(32(4,28)29)20-10-14-21(15-11-20)30-6-2/h8-15,17-18H,5-7,16H2,1-4H3,(H,25,27)/b24-17-/t18-/m1/s1. The molecule has 32 heavy (non-hydrogen) atoms. The van der Waals surface area contributed by atoms with Gasteiger partial charge in [-0.05, 0) is 74.4 Å². The molecule has 0 radical (unpaired) electrons. The number of hydrazone groups is 1. The van der Waals surface area contributed by atoms with Crippen molar-refractivity contribution in [3.05, 3.63) is 54.1 Å². The second-order valence-corrected chi connectivity index (χ2v) is 9.03. The molecule has 1 amide bonds.